The summed E-state index contributed by atoms with van der Waals surface area (Å²) in [7, 11) is 0. The van der Waals surface area contributed by atoms with E-state index in [2.05, 4.69) is 12.0 Å². The van der Waals surface area contributed by atoms with Crippen molar-refractivity contribution in [2.45, 2.75) is 33.2 Å². The zero-order valence-corrected chi connectivity index (χ0v) is 7.58. The fourth-order valence-electron chi connectivity index (χ4n) is 1.13. The maximum Gasteiger partial charge on any atom is 0.168 e. The summed E-state index contributed by atoms with van der Waals surface area (Å²) in [6, 6.07) is 0. The second-order valence-corrected chi connectivity index (χ2v) is 2.91. The first-order valence-electron chi connectivity index (χ1n) is 4.27. The molecule has 0 spiro atoms. The van der Waals surface area contributed by atoms with Crippen LogP contribution in [0.25, 0.3) is 0 Å². The van der Waals surface area contributed by atoms with Crippen LogP contribution in [0.4, 0.5) is 0 Å². The molecule has 1 aromatic rings. The molecule has 0 saturated heterocycles. The van der Waals surface area contributed by atoms with Gasteiger partial charge >= 0.3 is 0 Å². The maximum atomic E-state index is 10.6. The van der Waals surface area contributed by atoms with Crippen molar-refractivity contribution in [1.29, 1.82) is 0 Å². The molecule has 0 aromatic carbocycles. The van der Waals surface area contributed by atoms with Gasteiger partial charge in [0.05, 0.1) is 6.20 Å². The van der Waals surface area contributed by atoms with E-state index >= 15 is 0 Å². The quantitative estimate of drug-likeness (QED) is 0.639. The molecule has 0 amide bonds. The minimum absolute atomic E-state index is 0.712. The van der Waals surface area contributed by atoms with Crippen LogP contribution in [0.3, 0.4) is 0 Å². The Morgan fingerprint density at radius 2 is 2.42 bits per heavy atom. The average Bonchev–Trinajstić information content (AvgIpc) is 2.43. The van der Waals surface area contributed by atoms with Crippen LogP contribution in [0, 0.1) is 6.92 Å². The molecule has 1 aromatic heterocycles. The van der Waals surface area contributed by atoms with Crippen molar-refractivity contribution in [2.24, 2.45) is 0 Å². The molecule has 0 aliphatic heterocycles. The van der Waals surface area contributed by atoms with Gasteiger partial charge in [-0.25, -0.2) is 0 Å². The van der Waals surface area contributed by atoms with Gasteiger partial charge in [0.2, 0.25) is 0 Å². The summed E-state index contributed by atoms with van der Waals surface area (Å²) in [5, 5.41) is 4.11. The highest BCUT2D eigenvalue weighted by atomic mass is 16.1. The van der Waals surface area contributed by atoms with Crippen LogP contribution in [0.5, 0.6) is 0 Å². The van der Waals surface area contributed by atoms with Crippen LogP contribution in [0.1, 0.15) is 35.8 Å². The minimum atomic E-state index is 0.712. The molecule has 3 heteroatoms. The number of hydrogen-bond acceptors (Lipinski definition) is 2. The van der Waals surface area contributed by atoms with E-state index in [9.17, 15) is 4.79 Å². The second kappa shape index (κ2) is 4.04. The van der Waals surface area contributed by atoms with E-state index in [4.69, 9.17) is 0 Å². The molecule has 0 unspecified atom stereocenters. The van der Waals surface area contributed by atoms with Crippen LogP contribution in [0.15, 0.2) is 6.20 Å². The largest absolute Gasteiger partial charge is 0.296 e. The smallest absolute Gasteiger partial charge is 0.168 e. The van der Waals surface area contributed by atoms with E-state index in [0.717, 1.165) is 31.2 Å². The summed E-state index contributed by atoms with van der Waals surface area (Å²) in [6.07, 6.45) is 4.80. The number of aromatic nitrogens is 2. The zero-order chi connectivity index (χ0) is 8.97. The van der Waals surface area contributed by atoms with Crippen LogP contribution in [-0.2, 0) is 6.54 Å². The van der Waals surface area contributed by atoms with Gasteiger partial charge < -0.3 is 0 Å². The van der Waals surface area contributed by atoms with Gasteiger partial charge in [0.25, 0.3) is 0 Å². The Bertz CT molecular complexity index is 265. The molecular weight excluding hydrogens is 152 g/mol. The average molecular weight is 166 g/mol. The molecule has 0 aliphatic carbocycles. The fraction of sp³-hybridized carbons (Fsp3) is 0.556. The molecule has 1 rings (SSSR count). The number of carbonyl (C=O) groups excluding carboxylic acids is 1. The predicted molar refractivity (Wildman–Crippen MR) is 47.3 cm³/mol. The first-order chi connectivity index (χ1) is 5.79. The van der Waals surface area contributed by atoms with Gasteiger partial charge in [-0.3, -0.25) is 9.48 Å². The van der Waals surface area contributed by atoms with E-state index in [-0.39, 0.29) is 0 Å². The summed E-state index contributed by atoms with van der Waals surface area (Å²) in [5.74, 6) is 0. The van der Waals surface area contributed by atoms with Crippen molar-refractivity contribution in [3.05, 3.63) is 17.5 Å². The normalized spacial score (nSPS) is 10.2. The SMILES string of the molecule is CCCCn1ncc(C)c1C=O. The van der Waals surface area contributed by atoms with Gasteiger partial charge in [0, 0.05) is 6.54 Å². The van der Waals surface area contributed by atoms with Crippen LogP contribution >= 0.6 is 0 Å². The van der Waals surface area contributed by atoms with Gasteiger partial charge in [0.1, 0.15) is 5.69 Å². The summed E-state index contributed by atoms with van der Waals surface area (Å²) in [5.41, 5.74) is 1.67. The van der Waals surface area contributed by atoms with Crippen molar-refractivity contribution in [1.82, 2.24) is 9.78 Å². The van der Waals surface area contributed by atoms with E-state index < -0.39 is 0 Å². The van der Waals surface area contributed by atoms with Gasteiger partial charge in [-0.2, -0.15) is 5.10 Å². The van der Waals surface area contributed by atoms with Crippen LogP contribution < -0.4 is 0 Å². The van der Waals surface area contributed by atoms with Crippen molar-refractivity contribution in [3.8, 4) is 0 Å². The molecule has 12 heavy (non-hydrogen) atoms. The van der Waals surface area contributed by atoms with Gasteiger partial charge in [0.15, 0.2) is 6.29 Å². The van der Waals surface area contributed by atoms with Gasteiger partial charge in [-0.1, -0.05) is 13.3 Å². The number of hydrogen-bond donors (Lipinski definition) is 0. The number of nitrogens with zero attached hydrogens (tertiary/aromatic N) is 2. The Morgan fingerprint density at radius 3 is 3.00 bits per heavy atom. The molecule has 0 saturated carbocycles. The van der Waals surface area contributed by atoms with Crippen LogP contribution in [-0.4, -0.2) is 16.1 Å². The van der Waals surface area contributed by atoms with Crippen LogP contribution in [0.2, 0.25) is 0 Å². The molecule has 66 valence electrons. The Morgan fingerprint density at radius 1 is 1.67 bits per heavy atom. The number of carbonyl (C=O) groups is 1. The Hall–Kier alpha value is -1.12. The lowest BCUT2D eigenvalue weighted by atomic mass is 10.3. The summed E-state index contributed by atoms with van der Waals surface area (Å²) < 4.78 is 1.77. The second-order valence-electron chi connectivity index (χ2n) is 2.91. The van der Waals surface area contributed by atoms with Crippen molar-refractivity contribution in [2.75, 3.05) is 0 Å². The third-order valence-corrected chi connectivity index (χ3v) is 1.91. The zero-order valence-electron chi connectivity index (χ0n) is 7.58. The lowest BCUT2D eigenvalue weighted by Crippen LogP contribution is -2.04. The minimum Gasteiger partial charge on any atom is -0.296 e. The van der Waals surface area contributed by atoms with E-state index in [1.165, 1.54) is 0 Å². The Balaban J connectivity index is 2.77. The molecule has 0 fully saturated rings. The summed E-state index contributed by atoms with van der Waals surface area (Å²) in [6.45, 7) is 4.87. The third kappa shape index (κ3) is 1.72. The number of rotatable bonds is 4. The lowest BCUT2D eigenvalue weighted by molar-refractivity contribution is 0.111. The summed E-state index contributed by atoms with van der Waals surface area (Å²) in [4.78, 5) is 10.6. The number of aldehydes is 1. The van der Waals surface area contributed by atoms with Gasteiger partial charge in [-0.05, 0) is 18.9 Å². The topological polar surface area (TPSA) is 34.9 Å². The predicted octanol–water partition coefficient (Wildman–Crippen LogP) is 1.80. The van der Waals surface area contributed by atoms with Crippen molar-refractivity contribution < 1.29 is 4.79 Å². The highest BCUT2D eigenvalue weighted by Crippen LogP contribution is 2.05. The molecule has 0 atom stereocenters. The highest BCUT2D eigenvalue weighted by Gasteiger charge is 2.04. The first-order valence-corrected chi connectivity index (χ1v) is 4.27. The van der Waals surface area contributed by atoms with Crippen molar-refractivity contribution >= 4 is 6.29 Å². The molecular formula is C9H14N2O. The molecule has 3 nitrogen and oxygen atoms in total. The number of aryl methyl sites for hydroxylation is 2. The highest BCUT2D eigenvalue weighted by molar-refractivity contribution is 5.74. The molecule has 1 heterocycles. The molecule has 0 bridgehead atoms. The fourth-order valence-corrected chi connectivity index (χ4v) is 1.13. The lowest BCUT2D eigenvalue weighted by Gasteiger charge is -2.01. The maximum absolute atomic E-state index is 10.6. The Labute approximate surface area is 72.4 Å². The monoisotopic (exact) mass is 166 g/mol. The Kier molecular flexibility index (Phi) is 3.02. The van der Waals surface area contributed by atoms with E-state index in [1.54, 1.807) is 10.9 Å². The van der Waals surface area contributed by atoms with E-state index in [0.29, 0.717) is 5.69 Å². The number of unbranched alkanes of at least 4 members (excludes halogenated alkanes) is 1. The summed E-state index contributed by atoms with van der Waals surface area (Å²) >= 11 is 0. The third-order valence-electron chi connectivity index (χ3n) is 1.91. The first kappa shape index (κ1) is 8.97. The molecule has 0 radical (unpaired) electrons. The standard InChI is InChI=1S/C9H14N2O/c1-3-4-5-11-9(7-12)8(2)6-10-11/h6-7H,3-5H2,1-2H3. The molecule has 0 N–H and O–H groups in total. The molecule has 0 aliphatic rings. The van der Waals surface area contributed by atoms with Gasteiger partial charge in [-0.15, -0.1) is 0 Å². The van der Waals surface area contributed by atoms with Crippen molar-refractivity contribution in [3.63, 3.8) is 0 Å². The van der Waals surface area contributed by atoms with E-state index in [1.807, 2.05) is 6.92 Å².